The van der Waals surface area contributed by atoms with Gasteiger partial charge in [0.2, 0.25) is 0 Å². The third-order valence-electron chi connectivity index (χ3n) is 4.44. The van der Waals surface area contributed by atoms with Gasteiger partial charge >= 0.3 is 0 Å². The zero-order valence-electron chi connectivity index (χ0n) is 15.7. The van der Waals surface area contributed by atoms with Crippen molar-refractivity contribution < 1.29 is 4.79 Å². The molecule has 1 heterocycles. The zero-order valence-corrected chi connectivity index (χ0v) is 18.1. The van der Waals surface area contributed by atoms with Crippen LogP contribution in [0.2, 0.25) is 10.0 Å². The van der Waals surface area contributed by atoms with Crippen LogP contribution in [0.25, 0.3) is 10.8 Å². The molecule has 7 heteroatoms. The van der Waals surface area contributed by atoms with Crippen molar-refractivity contribution >= 4 is 57.5 Å². The number of hydrogen-bond donors (Lipinski definition) is 2. The predicted octanol–water partition coefficient (Wildman–Crippen LogP) is 6.59. The second-order valence-corrected chi connectivity index (χ2v) is 8.27. The summed E-state index contributed by atoms with van der Waals surface area (Å²) in [5, 5.41) is 5.92. The van der Waals surface area contributed by atoms with Gasteiger partial charge in [0.15, 0.2) is 0 Å². The number of carbonyl (C=O) groups excluding carboxylic acids is 1. The van der Waals surface area contributed by atoms with Crippen LogP contribution in [-0.2, 0) is 6.54 Å². The van der Waals surface area contributed by atoms with Gasteiger partial charge in [-0.2, -0.15) is 0 Å². The number of hydrogen-bond acceptors (Lipinski definition) is 4. The maximum atomic E-state index is 12.8. The smallest absolute Gasteiger partial charge is 0.252 e. The minimum Gasteiger partial charge on any atom is -0.346 e. The Morgan fingerprint density at radius 2 is 1.67 bits per heavy atom. The number of carbonyl (C=O) groups is 1. The van der Waals surface area contributed by atoms with Crippen LogP contribution in [-0.4, -0.2) is 10.9 Å². The molecule has 0 aliphatic heterocycles. The van der Waals surface area contributed by atoms with Crippen molar-refractivity contribution in [3.05, 3.63) is 100 Å². The summed E-state index contributed by atoms with van der Waals surface area (Å²) in [5.74, 6) is -0.141. The molecule has 1 aromatic heterocycles. The Bertz CT molecular complexity index is 1180. The first-order valence-corrected chi connectivity index (χ1v) is 10.8. The Balaban J connectivity index is 1.55. The summed E-state index contributed by atoms with van der Waals surface area (Å²) >= 11 is 13.6. The molecule has 0 saturated heterocycles. The van der Waals surface area contributed by atoms with E-state index in [0.717, 1.165) is 27.0 Å². The molecule has 4 aromatic rings. The molecule has 4 rings (SSSR count). The van der Waals surface area contributed by atoms with Crippen molar-refractivity contribution in [2.45, 2.75) is 11.4 Å². The molecule has 30 heavy (non-hydrogen) atoms. The highest BCUT2D eigenvalue weighted by Crippen LogP contribution is 2.32. The molecule has 0 aliphatic rings. The molecule has 0 spiro atoms. The van der Waals surface area contributed by atoms with E-state index in [1.807, 2.05) is 66.7 Å². The van der Waals surface area contributed by atoms with E-state index >= 15 is 0 Å². The van der Waals surface area contributed by atoms with Gasteiger partial charge in [-0.15, -0.1) is 0 Å². The van der Waals surface area contributed by atoms with Crippen molar-refractivity contribution in [1.82, 2.24) is 10.3 Å². The second kappa shape index (κ2) is 9.39. The first kappa shape index (κ1) is 20.5. The molecular formula is C23H17Cl2N3OS. The minimum absolute atomic E-state index is 0.141. The van der Waals surface area contributed by atoms with Crippen LogP contribution in [0.5, 0.6) is 0 Å². The highest BCUT2D eigenvalue weighted by molar-refractivity contribution is 8.00. The van der Waals surface area contributed by atoms with E-state index in [-0.39, 0.29) is 5.91 Å². The van der Waals surface area contributed by atoms with Crippen LogP contribution >= 0.6 is 35.1 Å². The maximum Gasteiger partial charge on any atom is 0.252 e. The fourth-order valence-electron chi connectivity index (χ4n) is 3.07. The molecule has 0 saturated carbocycles. The lowest BCUT2D eigenvalue weighted by atomic mass is 10.0. The number of fused-ring (bicyclic) bond motifs is 1. The Hall–Kier alpha value is -2.73. The molecule has 1 amide bonds. The summed E-state index contributed by atoms with van der Waals surface area (Å²) in [6, 6.07) is 22.5. The number of nitrogens with one attached hydrogen (secondary N) is 2. The lowest BCUT2D eigenvalue weighted by molar-refractivity contribution is 0.0952. The van der Waals surface area contributed by atoms with Gasteiger partial charge in [-0.3, -0.25) is 9.78 Å². The number of nitrogens with zero attached hydrogens (tertiary/aromatic N) is 1. The maximum absolute atomic E-state index is 12.8. The van der Waals surface area contributed by atoms with E-state index in [0.29, 0.717) is 22.2 Å². The monoisotopic (exact) mass is 453 g/mol. The van der Waals surface area contributed by atoms with E-state index in [4.69, 9.17) is 23.2 Å². The molecule has 0 unspecified atom stereocenters. The number of halogens is 2. The lowest BCUT2D eigenvalue weighted by Gasteiger charge is -2.12. The van der Waals surface area contributed by atoms with Gasteiger partial charge in [-0.05, 0) is 59.8 Å². The SMILES string of the molecule is O=C(NCc1ccccn1)c1cccc2c(NSc3cc(Cl)cc(Cl)c3)cccc12. The summed E-state index contributed by atoms with van der Waals surface area (Å²) in [6.45, 7) is 0.374. The quantitative estimate of drug-likeness (QED) is 0.323. The van der Waals surface area contributed by atoms with Crippen LogP contribution in [0.1, 0.15) is 16.1 Å². The molecule has 0 radical (unpaired) electrons. The minimum atomic E-state index is -0.141. The van der Waals surface area contributed by atoms with Crippen molar-refractivity contribution in [3.8, 4) is 0 Å². The van der Waals surface area contributed by atoms with Gasteiger partial charge in [-0.1, -0.05) is 53.5 Å². The summed E-state index contributed by atoms with van der Waals surface area (Å²) < 4.78 is 3.34. The number of anilines is 1. The number of rotatable bonds is 6. The van der Waals surface area contributed by atoms with E-state index in [1.54, 1.807) is 12.3 Å². The zero-order chi connectivity index (χ0) is 20.9. The third kappa shape index (κ3) is 4.87. The van der Waals surface area contributed by atoms with Gasteiger partial charge in [0, 0.05) is 32.1 Å². The Labute approximate surface area is 188 Å². The van der Waals surface area contributed by atoms with Gasteiger partial charge in [0.25, 0.3) is 5.91 Å². The lowest BCUT2D eigenvalue weighted by Crippen LogP contribution is -2.23. The average molecular weight is 454 g/mol. The first-order chi connectivity index (χ1) is 14.6. The van der Waals surface area contributed by atoms with Crippen LogP contribution < -0.4 is 10.0 Å². The largest absolute Gasteiger partial charge is 0.346 e. The Morgan fingerprint density at radius 1 is 0.900 bits per heavy atom. The predicted molar refractivity (Wildman–Crippen MR) is 125 cm³/mol. The van der Waals surface area contributed by atoms with E-state index in [1.165, 1.54) is 11.9 Å². The van der Waals surface area contributed by atoms with Crippen LogP contribution in [0, 0.1) is 0 Å². The van der Waals surface area contributed by atoms with Crippen molar-refractivity contribution in [3.63, 3.8) is 0 Å². The van der Waals surface area contributed by atoms with Crippen molar-refractivity contribution in [2.24, 2.45) is 0 Å². The summed E-state index contributed by atoms with van der Waals surface area (Å²) in [5.41, 5.74) is 2.32. The molecular weight excluding hydrogens is 437 g/mol. The third-order valence-corrected chi connectivity index (χ3v) is 5.67. The second-order valence-electron chi connectivity index (χ2n) is 6.52. The normalized spacial score (nSPS) is 10.7. The molecule has 4 nitrogen and oxygen atoms in total. The molecule has 150 valence electrons. The first-order valence-electron chi connectivity index (χ1n) is 9.19. The standard InChI is InChI=1S/C23H17Cl2N3OS/c24-15-11-16(25)13-18(12-15)30-28-22-9-4-6-19-20(22)7-3-8-21(19)23(29)27-14-17-5-1-2-10-26-17/h1-13,28H,14H2,(H,27,29). The molecule has 0 atom stereocenters. The van der Waals surface area contributed by atoms with Crippen LogP contribution in [0.4, 0.5) is 5.69 Å². The van der Waals surface area contributed by atoms with Gasteiger partial charge in [0.1, 0.15) is 0 Å². The number of pyridine rings is 1. The highest BCUT2D eigenvalue weighted by atomic mass is 35.5. The topological polar surface area (TPSA) is 54.0 Å². The fraction of sp³-hybridized carbons (Fsp3) is 0.0435. The van der Waals surface area contributed by atoms with Crippen molar-refractivity contribution in [1.29, 1.82) is 0 Å². The number of amides is 1. The van der Waals surface area contributed by atoms with Gasteiger partial charge in [-0.25, -0.2) is 0 Å². The fourth-order valence-corrected chi connectivity index (χ4v) is 4.50. The molecule has 3 aromatic carbocycles. The van der Waals surface area contributed by atoms with E-state index < -0.39 is 0 Å². The summed E-state index contributed by atoms with van der Waals surface area (Å²) in [6.07, 6.45) is 1.71. The Morgan fingerprint density at radius 3 is 2.43 bits per heavy atom. The molecule has 0 aliphatic carbocycles. The summed E-state index contributed by atoms with van der Waals surface area (Å²) in [4.78, 5) is 17.9. The van der Waals surface area contributed by atoms with Gasteiger partial charge in [0.05, 0.1) is 17.9 Å². The van der Waals surface area contributed by atoms with Gasteiger partial charge < -0.3 is 10.0 Å². The summed E-state index contributed by atoms with van der Waals surface area (Å²) in [7, 11) is 0. The number of benzene rings is 3. The average Bonchev–Trinajstić information content (AvgIpc) is 2.75. The molecule has 0 bridgehead atoms. The molecule has 2 N–H and O–H groups in total. The van der Waals surface area contributed by atoms with Crippen molar-refractivity contribution in [2.75, 3.05) is 4.72 Å². The van der Waals surface area contributed by atoms with E-state index in [2.05, 4.69) is 15.0 Å². The highest BCUT2D eigenvalue weighted by Gasteiger charge is 2.12. The number of aromatic nitrogens is 1. The Kier molecular flexibility index (Phi) is 6.43. The van der Waals surface area contributed by atoms with Crippen LogP contribution in [0.3, 0.4) is 0 Å². The van der Waals surface area contributed by atoms with Crippen LogP contribution in [0.15, 0.2) is 83.9 Å². The molecule has 0 fully saturated rings. The van der Waals surface area contributed by atoms with E-state index in [9.17, 15) is 4.79 Å².